The third-order valence-electron chi connectivity index (χ3n) is 8.65. The van der Waals surface area contributed by atoms with Crippen LogP contribution in [-0.4, -0.2) is 47.4 Å². The molecule has 0 spiro atoms. The molecule has 2 heterocycles. The monoisotopic (exact) mass is 620 g/mol. The molecular formula is C38H40N2O6. The average Bonchev–Trinajstić information content (AvgIpc) is 3.02. The van der Waals surface area contributed by atoms with E-state index in [0.29, 0.717) is 46.8 Å². The molecule has 0 bridgehead atoms. The highest BCUT2D eigenvalue weighted by atomic mass is 16.5. The minimum absolute atomic E-state index is 0.0161. The van der Waals surface area contributed by atoms with Crippen molar-refractivity contribution in [1.82, 2.24) is 4.90 Å². The van der Waals surface area contributed by atoms with Crippen LogP contribution in [-0.2, 0) is 20.9 Å². The summed E-state index contributed by atoms with van der Waals surface area (Å²) in [6.45, 7) is 10.2. The minimum atomic E-state index is -1.18. The first-order chi connectivity index (χ1) is 22.0. The number of carboxylic acids is 1. The van der Waals surface area contributed by atoms with Crippen molar-refractivity contribution in [3.05, 3.63) is 117 Å². The lowest BCUT2D eigenvalue weighted by molar-refractivity contribution is -0.148. The summed E-state index contributed by atoms with van der Waals surface area (Å²) < 4.78 is 12.7. The number of ether oxygens (including phenoxy) is 1. The Morgan fingerprint density at radius 3 is 2.24 bits per heavy atom. The number of para-hydroxylation sites is 1. The summed E-state index contributed by atoms with van der Waals surface area (Å²) in [5, 5.41) is 10.8. The van der Waals surface area contributed by atoms with Crippen LogP contribution in [0.3, 0.4) is 0 Å². The predicted molar refractivity (Wildman–Crippen MR) is 180 cm³/mol. The SMILES string of the molecule is CC1=NC(C)=C(C(=O)OC(CN(C)Cc2ccccc2)C(C)C)C(c2cccc3c(=O)c(C)c(-c4ccccc4)oc23)C1C(=O)O. The number of fused-ring (bicyclic) bond motifs is 1. The molecule has 8 nitrogen and oxygen atoms in total. The number of likely N-dealkylation sites (N-methyl/N-ethyl adjacent to an activating group) is 1. The van der Waals surface area contributed by atoms with Crippen LogP contribution in [0.1, 0.15) is 50.3 Å². The van der Waals surface area contributed by atoms with Gasteiger partial charge in [-0.05, 0) is 45.4 Å². The molecule has 0 saturated heterocycles. The van der Waals surface area contributed by atoms with Crippen molar-refractivity contribution < 1.29 is 23.8 Å². The Bertz CT molecular complexity index is 1870. The zero-order chi connectivity index (χ0) is 33.1. The summed E-state index contributed by atoms with van der Waals surface area (Å²) in [4.78, 5) is 47.4. The van der Waals surface area contributed by atoms with E-state index in [-0.39, 0.29) is 22.5 Å². The number of carbonyl (C=O) groups is 2. The third-order valence-corrected chi connectivity index (χ3v) is 8.65. The normalized spacial score (nSPS) is 17.3. The third kappa shape index (κ3) is 6.58. The highest BCUT2D eigenvalue weighted by Crippen LogP contribution is 2.43. The molecule has 5 rings (SSSR count). The first-order valence-corrected chi connectivity index (χ1v) is 15.5. The topological polar surface area (TPSA) is 109 Å². The fourth-order valence-electron chi connectivity index (χ4n) is 6.25. The van der Waals surface area contributed by atoms with Gasteiger partial charge in [0, 0.05) is 47.1 Å². The van der Waals surface area contributed by atoms with Gasteiger partial charge in [0.25, 0.3) is 0 Å². The van der Waals surface area contributed by atoms with Gasteiger partial charge in [-0.3, -0.25) is 19.5 Å². The van der Waals surface area contributed by atoms with E-state index < -0.39 is 29.9 Å². The van der Waals surface area contributed by atoms with Crippen LogP contribution in [0, 0.1) is 18.8 Å². The highest BCUT2D eigenvalue weighted by Gasteiger charge is 2.43. The molecule has 3 aromatic carbocycles. The Hall–Kier alpha value is -4.82. The van der Waals surface area contributed by atoms with Crippen LogP contribution in [0.25, 0.3) is 22.3 Å². The quantitative estimate of drug-likeness (QED) is 0.190. The molecule has 3 unspecified atom stereocenters. The van der Waals surface area contributed by atoms with Crippen molar-refractivity contribution in [1.29, 1.82) is 0 Å². The molecular weight excluding hydrogens is 580 g/mol. The molecule has 0 fully saturated rings. The van der Waals surface area contributed by atoms with Gasteiger partial charge in [0.15, 0.2) is 5.43 Å². The summed E-state index contributed by atoms with van der Waals surface area (Å²) in [7, 11) is 1.97. The number of esters is 1. The zero-order valence-electron chi connectivity index (χ0n) is 27.1. The Morgan fingerprint density at radius 2 is 1.61 bits per heavy atom. The van der Waals surface area contributed by atoms with E-state index in [1.807, 2.05) is 81.6 Å². The van der Waals surface area contributed by atoms with E-state index in [0.717, 1.165) is 11.1 Å². The van der Waals surface area contributed by atoms with Crippen molar-refractivity contribution >= 4 is 28.6 Å². The maximum atomic E-state index is 14.2. The number of allylic oxidation sites excluding steroid dienone is 1. The van der Waals surface area contributed by atoms with Crippen molar-refractivity contribution in [2.75, 3.05) is 13.6 Å². The molecule has 3 atom stereocenters. The van der Waals surface area contributed by atoms with Crippen LogP contribution < -0.4 is 5.43 Å². The zero-order valence-corrected chi connectivity index (χ0v) is 27.1. The number of aliphatic imine (C=N–C) groups is 1. The Balaban J connectivity index is 1.59. The van der Waals surface area contributed by atoms with Crippen molar-refractivity contribution in [2.45, 2.75) is 53.2 Å². The first-order valence-electron chi connectivity index (χ1n) is 15.5. The van der Waals surface area contributed by atoms with Gasteiger partial charge >= 0.3 is 11.9 Å². The Morgan fingerprint density at radius 1 is 0.957 bits per heavy atom. The van der Waals surface area contributed by atoms with Gasteiger partial charge in [-0.25, -0.2) is 4.79 Å². The van der Waals surface area contributed by atoms with Gasteiger partial charge in [-0.1, -0.05) is 86.6 Å². The standard InChI is InChI=1S/C38H40N2O6/c1-22(2)30(21-40(6)20-26-14-9-7-10-15-26)45-38(44)32-25(5)39-24(4)31(37(42)43)33(32)28-18-13-19-29-34(41)23(3)35(46-36(28)29)27-16-11-8-12-17-27/h7-19,22,30-31,33H,20-21H2,1-6H3,(H,42,43). The van der Waals surface area contributed by atoms with Gasteiger partial charge in [0.05, 0.1) is 11.0 Å². The minimum Gasteiger partial charge on any atom is -0.481 e. The fourth-order valence-corrected chi connectivity index (χ4v) is 6.25. The van der Waals surface area contributed by atoms with E-state index in [2.05, 4.69) is 9.89 Å². The number of carbonyl (C=O) groups excluding carboxylic acids is 1. The number of nitrogens with zero attached hydrogens (tertiary/aromatic N) is 2. The lowest BCUT2D eigenvalue weighted by Crippen LogP contribution is -2.39. The molecule has 1 N–H and O–H groups in total. The smallest absolute Gasteiger partial charge is 0.336 e. The lowest BCUT2D eigenvalue weighted by atomic mass is 9.75. The molecule has 1 aliphatic heterocycles. The second kappa shape index (κ2) is 13.7. The maximum Gasteiger partial charge on any atom is 0.336 e. The van der Waals surface area contributed by atoms with E-state index in [1.165, 1.54) is 0 Å². The fraction of sp³-hybridized carbons (Fsp3) is 0.316. The highest BCUT2D eigenvalue weighted by molar-refractivity contribution is 6.07. The number of hydrogen-bond donors (Lipinski definition) is 1. The number of aliphatic carboxylic acids is 1. The molecule has 4 aromatic rings. The average molecular weight is 621 g/mol. The van der Waals surface area contributed by atoms with Gasteiger partial charge in [-0.15, -0.1) is 0 Å². The number of hydrogen-bond acceptors (Lipinski definition) is 7. The molecule has 0 saturated carbocycles. The molecule has 46 heavy (non-hydrogen) atoms. The van der Waals surface area contributed by atoms with Gasteiger partial charge < -0.3 is 14.3 Å². The first kappa shape index (κ1) is 32.6. The van der Waals surface area contributed by atoms with Gasteiger partial charge in [0.1, 0.15) is 23.4 Å². The van der Waals surface area contributed by atoms with Gasteiger partial charge in [-0.2, -0.15) is 0 Å². The summed E-state index contributed by atoms with van der Waals surface area (Å²) in [6, 6.07) is 24.4. The number of benzene rings is 3. The molecule has 0 amide bonds. The molecule has 1 aromatic heterocycles. The van der Waals surface area contributed by atoms with Crippen molar-refractivity contribution in [2.24, 2.45) is 16.8 Å². The second-order valence-electron chi connectivity index (χ2n) is 12.4. The second-order valence-corrected chi connectivity index (χ2v) is 12.4. The molecule has 1 aliphatic rings. The Labute approximate surface area is 269 Å². The van der Waals surface area contributed by atoms with Crippen LogP contribution in [0.2, 0.25) is 0 Å². The summed E-state index contributed by atoms with van der Waals surface area (Å²) in [5.41, 5.74) is 3.61. The predicted octanol–water partition coefficient (Wildman–Crippen LogP) is 7.00. The summed E-state index contributed by atoms with van der Waals surface area (Å²) >= 11 is 0. The van der Waals surface area contributed by atoms with Crippen LogP contribution >= 0.6 is 0 Å². The summed E-state index contributed by atoms with van der Waals surface area (Å²) in [6.07, 6.45) is -0.477. The molecule has 238 valence electrons. The van der Waals surface area contributed by atoms with E-state index in [4.69, 9.17) is 9.15 Å². The lowest BCUT2D eigenvalue weighted by Gasteiger charge is -2.33. The van der Waals surface area contributed by atoms with Crippen LogP contribution in [0.5, 0.6) is 0 Å². The van der Waals surface area contributed by atoms with E-state index in [1.54, 1.807) is 39.0 Å². The van der Waals surface area contributed by atoms with Crippen LogP contribution in [0.15, 0.2) is 104 Å². The van der Waals surface area contributed by atoms with Crippen molar-refractivity contribution in [3.63, 3.8) is 0 Å². The van der Waals surface area contributed by atoms with Crippen molar-refractivity contribution in [3.8, 4) is 11.3 Å². The Kier molecular flexibility index (Phi) is 9.68. The van der Waals surface area contributed by atoms with E-state index in [9.17, 15) is 19.5 Å². The number of carboxylic acid groups (broad SMARTS) is 1. The molecule has 0 radical (unpaired) electrons. The van der Waals surface area contributed by atoms with Gasteiger partial charge in [0.2, 0.25) is 0 Å². The molecule has 0 aliphatic carbocycles. The van der Waals surface area contributed by atoms with Crippen LogP contribution in [0.4, 0.5) is 0 Å². The maximum absolute atomic E-state index is 14.2. The number of rotatable bonds is 10. The largest absolute Gasteiger partial charge is 0.481 e. The summed E-state index contributed by atoms with van der Waals surface area (Å²) in [5.74, 6) is -3.58. The van der Waals surface area contributed by atoms with E-state index >= 15 is 0 Å². The molecule has 8 heteroatoms.